The van der Waals surface area contributed by atoms with E-state index >= 15 is 0 Å². The molecule has 0 aromatic carbocycles. The van der Waals surface area contributed by atoms with Crippen LogP contribution in [-0.4, -0.2) is 45.2 Å². The molecule has 50 heavy (non-hydrogen) atoms. The Kier molecular flexibility index (Phi) is 7.63. The minimum Gasteiger partial charge on any atom is -0.469 e. The normalized spacial score (nSPS) is 45.5. The van der Waals surface area contributed by atoms with Gasteiger partial charge >= 0.3 is 11.9 Å². The molecule has 4 saturated carbocycles. The van der Waals surface area contributed by atoms with Gasteiger partial charge in [-0.1, -0.05) is 26.7 Å². The molecule has 0 N–H and O–H groups in total. The molecule has 0 saturated heterocycles. The zero-order valence-electron chi connectivity index (χ0n) is 30.6. The Hall–Kier alpha value is -2.87. The second-order valence-corrected chi connectivity index (χ2v) is 17.8. The molecule has 3 heterocycles. The van der Waals surface area contributed by atoms with Crippen LogP contribution in [0.2, 0.25) is 0 Å². The van der Waals surface area contributed by atoms with Gasteiger partial charge in [-0.3, -0.25) is 14.6 Å². The lowest BCUT2D eigenvalue weighted by Crippen LogP contribution is -2.66. The summed E-state index contributed by atoms with van der Waals surface area (Å²) in [4.78, 5) is 33.4. The lowest BCUT2D eigenvalue weighted by atomic mass is 9.41. The van der Waals surface area contributed by atoms with E-state index in [1.807, 2.05) is 12.5 Å². The van der Waals surface area contributed by atoms with Crippen molar-refractivity contribution < 1.29 is 32.6 Å². The molecule has 2 aromatic heterocycles. The first kappa shape index (κ1) is 33.0. The van der Waals surface area contributed by atoms with Gasteiger partial charge in [0.05, 0.1) is 38.8 Å². The van der Waals surface area contributed by atoms with E-state index in [4.69, 9.17) is 28.0 Å². The average molecular weight is 686 g/mol. The van der Waals surface area contributed by atoms with Crippen molar-refractivity contribution in [2.75, 3.05) is 20.8 Å². The van der Waals surface area contributed by atoms with Gasteiger partial charge in [-0.25, -0.2) is 0 Å². The monoisotopic (exact) mass is 685 g/mol. The Balaban J connectivity index is 1.11. The SMILES string of the molecule is COC(=O)[C@@]12CCC[C@]3(C=N[C@H]1OC[C@]14CCC[C@](C)(C(=O)OC)[C@@H]1CC[C@H]1[C@@H](C)c5ccoc5C[C@@H]14)[C@@H]1Cc4occc4[C@@H](C)[C@H]1CC[C@@H]32. The molecule has 0 amide bonds. The lowest BCUT2D eigenvalue weighted by Gasteiger charge is -2.64. The molecule has 0 unspecified atom stereocenters. The maximum absolute atomic E-state index is 14.4. The zero-order chi connectivity index (χ0) is 34.6. The molecule has 7 aliphatic rings. The Labute approximate surface area is 296 Å². The highest BCUT2D eigenvalue weighted by molar-refractivity contribution is 5.83. The number of hydrogen-bond donors (Lipinski definition) is 0. The number of methoxy groups -OCH3 is 2. The van der Waals surface area contributed by atoms with Gasteiger partial charge in [0, 0.05) is 29.9 Å². The predicted molar refractivity (Wildman–Crippen MR) is 186 cm³/mol. The molecule has 13 atom stereocenters. The summed E-state index contributed by atoms with van der Waals surface area (Å²) in [6.07, 6.45) is 16.6. The fourth-order valence-corrected chi connectivity index (χ4v) is 14.4. The summed E-state index contributed by atoms with van der Waals surface area (Å²) in [5.41, 5.74) is 0.799. The molecule has 270 valence electrons. The summed E-state index contributed by atoms with van der Waals surface area (Å²) >= 11 is 0. The number of aliphatic imine (C=N–C) groups is 1. The first-order valence-corrected chi connectivity index (χ1v) is 19.6. The molecule has 6 aliphatic carbocycles. The van der Waals surface area contributed by atoms with Crippen molar-refractivity contribution in [2.24, 2.45) is 62.2 Å². The highest BCUT2D eigenvalue weighted by atomic mass is 16.5. The highest BCUT2D eigenvalue weighted by Gasteiger charge is 2.70. The minimum absolute atomic E-state index is 0.100. The summed E-state index contributed by atoms with van der Waals surface area (Å²) in [5, 5.41) is 0. The summed E-state index contributed by atoms with van der Waals surface area (Å²) in [7, 11) is 3.07. The van der Waals surface area contributed by atoms with Gasteiger partial charge in [-0.2, -0.15) is 0 Å². The van der Waals surface area contributed by atoms with E-state index < -0.39 is 17.1 Å². The van der Waals surface area contributed by atoms with Crippen molar-refractivity contribution in [3.05, 3.63) is 47.3 Å². The Morgan fingerprint density at radius 1 is 0.800 bits per heavy atom. The van der Waals surface area contributed by atoms with Crippen LogP contribution < -0.4 is 0 Å². The van der Waals surface area contributed by atoms with Gasteiger partial charge in [-0.05, 0) is 129 Å². The number of rotatable bonds is 5. The number of furan rings is 2. The molecule has 8 heteroatoms. The van der Waals surface area contributed by atoms with Crippen LogP contribution in [0.1, 0.15) is 119 Å². The van der Waals surface area contributed by atoms with Crippen LogP contribution in [0.5, 0.6) is 0 Å². The van der Waals surface area contributed by atoms with Gasteiger partial charge in [-0.15, -0.1) is 0 Å². The van der Waals surface area contributed by atoms with Crippen LogP contribution in [-0.2, 0) is 36.6 Å². The lowest BCUT2D eigenvalue weighted by molar-refractivity contribution is -0.220. The molecule has 1 aliphatic heterocycles. The minimum atomic E-state index is -0.839. The second kappa shape index (κ2) is 11.6. The molecule has 0 spiro atoms. The maximum Gasteiger partial charge on any atom is 0.316 e. The molecular formula is C42H55NO7. The van der Waals surface area contributed by atoms with Gasteiger partial charge in [0.15, 0.2) is 6.23 Å². The van der Waals surface area contributed by atoms with E-state index in [2.05, 4.69) is 39.1 Å². The summed E-state index contributed by atoms with van der Waals surface area (Å²) in [6, 6.07) is 4.32. The van der Waals surface area contributed by atoms with Crippen molar-refractivity contribution in [1.29, 1.82) is 0 Å². The third-order valence-corrected chi connectivity index (χ3v) is 16.6. The van der Waals surface area contributed by atoms with Crippen LogP contribution in [0, 0.1) is 57.2 Å². The van der Waals surface area contributed by atoms with Crippen LogP contribution in [0.4, 0.5) is 0 Å². The van der Waals surface area contributed by atoms with Gasteiger partial charge < -0.3 is 23.0 Å². The van der Waals surface area contributed by atoms with Gasteiger partial charge in [0.2, 0.25) is 0 Å². The fraction of sp³-hybridized carbons (Fsp3) is 0.738. The number of carbonyl (C=O) groups is 2. The molecule has 2 bridgehead atoms. The van der Waals surface area contributed by atoms with Crippen molar-refractivity contribution in [3.63, 3.8) is 0 Å². The molecule has 8 nitrogen and oxygen atoms in total. The van der Waals surface area contributed by atoms with Crippen LogP contribution in [0.15, 0.2) is 38.5 Å². The van der Waals surface area contributed by atoms with Crippen LogP contribution in [0.3, 0.4) is 0 Å². The van der Waals surface area contributed by atoms with E-state index in [1.54, 1.807) is 7.11 Å². The van der Waals surface area contributed by atoms with E-state index in [9.17, 15) is 9.59 Å². The first-order valence-electron chi connectivity index (χ1n) is 19.6. The molecule has 4 fully saturated rings. The topological polar surface area (TPSA) is 100 Å². The van der Waals surface area contributed by atoms with E-state index in [-0.39, 0.29) is 34.6 Å². The molecular weight excluding hydrogens is 630 g/mol. The number of esters is 2. The largest absolute Gasteiger partial charge is 0.469 e. The number of ether oxygens (including phenoxy) is 3. The second-order valence-electron chi connectivity index (χ2n) is 17.8. The number of fused-ring (bicyclic) bond motifs is 6. The molecule has 0 radical (unpaired) electrons. The third-order valence-electron chi connectivity index (χ3n) is 16.6. The molecule has 2 aromatic rings. The fourth-order valence-electron chi connectivity index (χ4n) is 14.4. The highest BCUT2D eigenvalue weighted by Crippen LogP contribution is 2.69. The van der Waals surface area contributed by atoms with E-state index in [0.717, 1.165) is 88.6 Å². The van der Waals surface area contributed by atoms with Crippen molar-refractivity contribution >= 4 is 18.2 Å². The van der Waals surface area contributed by atoms with Crippen molar-refractivity contribution in [2.45, 2.75) is 116 Å². The Morgan fingerprint density at radius 2 is 1.42 bits per heavy atom. The van der Waals surface area contributed by atoms with E-state index in [0.29, 0.717) is 42.1 Å². The molecule has 9 rings (SSSR count). The zero-order valence-corrected chi connectivity index (χ0v) is 30.6. The number of nitrogens with zero attached hydrogens (tertiary/aromatic N) is 1. The predicted octanol–water partition coefficient (Wildman–Crippen LogP) is 8.28. The Morgan fingerprint density at radius 3 is 2.10 bits per heavy atom. The van der Waals surface area contributed by atoms with Crippen LogP contribution in [0.25, 0.3) is 0 Å². The van der Waals surface area contributed by atoms with E-state index in [1.165, 1.54) is 18.2 Å². The van der Waals surface area contributed by atoms with Crippen LogP contribution >= 0.6 is 0 Å². The maximum atomic E-state index is 14.4. The van der Waals surface area contributed by atoms with Gasteiger partial charge in [0.1, 0.15) is 16.9 Å². The quantitative estimate of drug-likeness (QED) is 0.292. The van der Waals surface area contributed by atoms with Crippen molar-refractivity contribution in [1.82, 2.24) is 0 Å². The third kappa shape index (κ3) is 4.17. The van der Waals surface area contributed by atoms with Crippen molar-refractivity contribution in [3.8, 4) is 0 Å². The number of carbonyl (C=O) groups excluding carboxylic acids is 2. The first-order chi connectivity index (χ1) is 24.1. The summed E-state index contributed by atoms with van der Waals surface area (Å²) in [6.45, 7) is 7.32. The standard InChI is InChI=1S/C42H55NO7/c1-24-26-9-11-35-40(30(26)20-32-28(24)12-18-48-32)15-7-17-42(35,38(45)47-5)36(43-22-40)50-23-41-16-6-14-39(3,37(44)46-4)34(41)10-8-27-25(2)29-13-19-49-33(29)21-31(27)41/h12-13,18-19,22,24-27,30-31,34-36H,6-11,14-17,20-21,23H2,1-5H3/t24-,25+,26+,27-,30+,31-,34-,35-,36-,39-,40-,41-,42+/m0/s1. The summed E-state index contributed by atoms with van der Waals surface area (Å²) < 4.78 is 30.8. The Bertz CT molecular complexity index is 1690. The van der Waals surface area contributed by atoms with Gasteiger partial charge in [0.25, 0.3) is 0 Å². The smallest absolute Gasteiger partial charge is 0.316 e. The summed E-state index contributed by atoms with van der Waals surface area (Å²) in [5.74, 6) is 4.61. The average Bonchev–Trinajstić information content (AvgIpc) is 3.81. The number of hydrogen-bond acceptors (Lipinski definition) is 8.